The molecule has 0 radical (unpaired) electrons. The maximum atomic E-state index is 12.2. The summed E-state index contributed by atoms with van der Waals surface area (Å²) in [5, 5.41) is 20.6. The highest BCUT2D eigenvalue weighted by molar-refractivity contribution is 5.89. The number of aliphatic carboxylic acids is 1. The number of hydrogen-bond acceptors (Lipinski definition) is 6. The van der Waals surface area contributed by atoms with Gasteiger partial charge in [-0.3, -0.25) is 9.59 Å². The molecule has 3 rings (SSSR count). The van der Waals surface area contributed by atoms with Crippen LogP contribution in [0.3, 0.4) is 0 Å². The molecule has 3 N–H and O–H groups in total. The van der Waals surface area contributed by atoms with Gasteiger partial charge in [0.25, 0.3) is 0 Å². The molecular formula is C31H41NO8. The van der Waals surface area contributed by atoms with Crippen LogP contribution in [-0.2, 0) is 27.2 Å². The van der Waals surface area contributed by atoms with E-state index in [-0.39, 0.29) is 24.9 Å². The Hall–Kier alpha value is -3.59. The van der Waals surface area contributed by atoms with Crippen LogP contribution in [0.2, 0.25) is 0 Å². The van der Waals surface area contributed by atoms with Crippen molar-refractivity contribution in [3.05, 3.63) is 59.2 Å². The average Bonchev–Trinajstić information content (AvgIpc) is 2.94. The molecule has 0 unspecified atom stereocenters. The molecule has 2 aromatic rings. The van der Waals surface area contributed by atoms with E-state index < -0.39 is 17.8 Å². The van der Waals surface area contributed by atoms with Crippen LogP contribution in [0.1, 0.15) is 79.3 Å². The molecule has 0 spiro atoms. The first kappa shape index (κ1) is 30.9. The summed E-state index contributed by atoms with van der Waals surface area (Å²) in [4.78, 5) is 34.2. The smallest absolute Gasteiger partial charge is 0.335 e. The van der Waals surface area contributed by atoms with Crippen LogP contribution >= 0.6 is 0 Å². The molecule has 40 heavy (non-hydrogen) atoms. The summed E-state index contributed by atoms with van der Waals surface area (Å²) in [6, 6.07) is 12.4. The molecule has 1 aliphatic rings. The van der Waals surface area contributed by atoms with Gasteiger partial charge in [-0.05, 0) is 74.4 Å². The predicted octanol–water partition coefficient (Wildman–Crippen LogP) is 5.04. The Balaban J connectivity index is 1.36. The number of carbonyl (C=O) groups is 3. The molecule has 2 aromatic carbocycles. The van der Waals surface area contributed by atoms with Crippen molar-refractivity contribution in [2.45, 2.75) is 76.7 Å². The number of aryl methyl sites for hydroxylation is 1. The van der Waals surface area contributed by atoms with Crippen molar-refractivity contribution in [1.82, 2.24) is 5.32 Å². The Labute approximate surface area is 235 Å². The first-order valence-electron chi connectivity index (χ1n) is 14.2. The summed E-state index contributed by atoms with van der Waals surface area (Å²) in [6.07, 6.45) is 9.97. The normalized spacial score (nSPS) is 13.5. The fourth-order valence-corrected chi connectivity index (χ4v) is 4.62. The minimum atomic E-state index is -1.10. The van der Waals surface area contributed by atoms with Gasteiger partial charge >= 0.3 is 11.9 Å². The number of amides is 1. The van der Waals surface area contributed by atoms with Crippen LogP contribution < -0.4 is 14.8 Å². The third-order valence-electron chi connectivity index (χ3n) is 6.82. The van der Waals surface area contributed by atoms with Gasteiger partial charge in [0.15, 0.2) is 0 Å². The molecule has 1 aliphatic carbocycles. The Bertz CT molecular complexity index is 1080. The fourth-order valence-electron chi connectivity index (χ4n) is 4.62. The summed E-state index contributed by atoms with van der Waals surface area (Å²) < 4.78 is 17.7. The van der Waals surface area contributed by atoms with Crippen molar-refractivity contribution >= 4 is 17.8 Å². The van der Waals surface area contributed by atoms with Gasteiger partial charge in [-0.2, -0.15) is 0 Å². The molecule has 0 bridgehead atoms. The quantitative estimate of drug-likeness (QED) is 0.218. The summed E-state index contributed by atoms with van der Waals surface area (Å²) in [6.45, 7) is 1.87. The zero-order valence-electron chi connectivity index (χ0n) is 23.1. The molecular weight excluding hydrogens is 514 g/mol. The van der Waals surface area contributed by atoms with Gasteiger partial charge in [0.1, 0.15) is 11.5 Å². The molecule has 1 saturated carbocycles. The average molecular weight is 556 g/mol. The van der Waals surface area contributed by atoms with E-state index in [1.165, 1.54) is 44.2 Å². The van der Waals surface area contributed by atoms with E-state index >= 15 is 0 Å². The summed E-state index contributed by atoms with van der Waals surface area (Å²) in [7, 11) is 0. The highest BCUT2D eigenvalue weighted by Crippen LogP contribution is 2.23. The van der Waals surface area contributed by atoms with Gasteiger partial charge in [-0.1, -0.05) is 31.4 Å². The van der Waals surface area contributed by atoms with Crippen LogP contribution in [0.15, 0.2) is 42.5 Å². The van der Waals surface area contributed by atoms with Crippen molar-refractivity contribution in [2.24, 2.45) is 0 Å². The lowest BCUT2D eigenvalue weighted by atomic mass is 9.98. The van der Waals surface area contributed by atoms with E-state index in [0.29, 0.717) is 30.6 Å². The van der Waals surface area contributed by atoms with E-state index in [1.807, 2.05) is 24.3 Å². The van der Waals surface area contributed by atoms with E-state index in [1.54, 1.807) is 6.07 Å². The van der Waals surface area contributed by atoms with Crippen LogP contribution in [0.5, 0.6) is 11.5 Å². The first-order valence-corrected chi connectivity index (χ1v) is 14.2. The minimum Gasteiger partial charge on any atom is -0.494 e. The van der Waals surface area contributed by atoms with Crippen molar-refractivity contribution in [1.29, 1.82) is 0 Å². The second kappa shape index (κ2) is 17.2. The number of unbranched alkanes of at least 4 members (excludes halogenated alkanes) is 1. The maximum absolute atomic E-state index is 12.2. The highest BCUT2D eigenvalue weighted by Gasteiger charge is 2.14. The zero-order valence-corrected chi connectivity index (χ0v) is 23.1. The Morgan fingerprint density at radius 1 is 0.850 bits per heavy atom. The van der Waals surface area contributed by atoms with Gasteiger partial charge < -0.3 is 29.7 Å². The van der Waals surface area contributed by atoms with Crippen LogP contribution in [0, 0.1) is 0 Å². The molecule has 0 aliphatic heterocycles. The van der Waals surface area contributed by atoms with E-state index in [4.69, 9.17) is 19.3 Å². The summed E-state index contributed by atoms with van der Waals surface area (Å²) in [5.41, 5.74) is 1.64. The zero-order chi connectivity index (χ0) is 28.6. The number of hydrogen-bond donors (Lipinski definition) is 3. The van der Waals surface area contributed by atoms with Gasteiger partial charge in [0, 0.05) is 18.7 Å². The minimum absolute atomic E-state index is 0.00213. The highest BCUT2D eigenvalue weighted by atomic mass is 16.5. The lowest BCUT2D eigenvalue weighted by Crippen LogP contribution is -2.27. The Kier molecular flexibility index (Phi) is 13.3. The van der Waals surface area contributed by atoms with Gasteiger partial charge in [0.05, 0.1) is 37.7 Å². The lowest BCUT2D eigenvalue weighted by Gasteiger charge is -2.21. The number of ether oxygens (including phenoxy) is 3. The summed E-state index contributed by atoms with van der Waals surface area (Å²) >= 11 is 0. The Morgan fingerprint density at radius 3 is 2.30 bits per heavy atom. The van der Waals surface area contributed by atoms with Gasteiger partial charge in [0.2, 0.25) is 5.91 Å². The molecule has 0 saturated heterocycles. The Morgan fingerprint density at radius 2 is 1.57 bits per heavy atom. The standard InChI is InChI=1S/C31H41NO8/c33-29(32-17-16-30(34)35)22-25-21-24(31(36)37)12-15-28(25)40-20-6-7-23-10-13-27(14-11-23)39-19-5-4-18-38-26-8-2-1-3-9-26/h10-15,21,26H,1-9,16-20,22H2,(H,32,33)(H,34,35)(H,36,37). The number of carbonyl (C=O) groups excluding carboxylic acids is 1. The molecule has 9 heteroatoms. The lowest BCUT2D eigenvalue weighted by molar-refractivity contribution is -0.136. The van der Waals surface area contributed by atoms with Gasteiger partial charge in [-0.25, -0.2) is 4.79 Å². The largest absolute Gasteiger partial charge is 0.494 e. The second-order valence-corrected chi connectivity index (χ2v) is 10.1. The summed E-state index contributed by atoms with van der Waals surface area (Å²) in [5.74, 6) is -1.23. The number of carboxylic acids is 2. The number of nitrogens with one attached hydrogen (secondary N) is 1. The molecule has 218 valence electrons. The second-order valence-electron chi connectivity index (χ2n) is 10.1. The monoisotopic (exact) mass is 555 g/mol. The fraction of sp³-hybridized carbons (Fsp3) is 0.516. The third-order valence-corrected chi connectivity index (χ3v) is 6.82. The van der Waals surface area contributed by atoms with Crippen molar-refractivity contribution in [3.63, 3.8) is 0 Å². The first-order chi connectivity index (χ1) is 19.4. The SMILES string of the molecule is O=C(O)CCNC(=O)Cc1cc(C(=O)O)ccc1OCCCc1ccc(OCCCCOC2CCCCC2)cc1. The van der Waals surface area contributed by atoms with Crippen LogP contribution in [0.4, 0.5) is 0 Å². The van der Waals surface area contributed by atoms with E-state index in [0.717, 1.165) is 43.6 Å². The molecule has 9 nitrogen and oxygen atoms in total. The number of carboxylic acid groups (broad SMARTS) is 2. The van der Waals surface area contributed by atoms with Gasteiger partial charge in [-0.15, -0.1) is 0 Å². The van der Waals surface area contributed by atoms with E-state index in [9.17, 15) is 19.5 Å². The number of benzene rings is 2. The molecule has 0 atom stereocenters. The van der Waals surface area contributed by atoms with Crippen LogP contribution in [0.25, 0.3) is 0 Å². The molecule has 1 amide bonds. The number of rotatable bonds is 18. The molecule has 0 heterocycles. The number of aromatic carboxylic acids is 1. The van der Waals surface area contributed by atoms with Crippen molar-refractivity contribution in [3.8, 4) is 11.5 Å². The topological polar surface area (TPSA) is 131 Å². The molecule has 0 aromatic heterocycles. The van der Waals surface area contributed by atoms with Crippen LogP contribution in [-0.4, -0.2) is 60.5 Å². The predicted molar refractivity (Wildman–Crippen MR) is 150 cm³/mol. The van der Waals surface area contributed by atoms with E-state index in [2.05, 4.69) is 5.32 Å². The molecule has 1 fully saturated rings. The van der Waals surface area contributed by atoms with Crippen molar-refractivity contribution < 1.29 is 38.8 Å². The maximum Gasteiger partial charge on any atom is 0.335 e. The van der Waals surface area contributed by atoms with Crippen molar-refractivity contribution in [2.75, 3.05) is 26.4 Å². The third kappa shape index (κ3) is 11.7.